The molecule has 8 nitrogen and oxygen atoms in total. The van der Waals surface area contributed by atoms with E-state index in [2.05, 4.69) is 20.7 Å². The van der Waals surface area contributed by atoms with E-state index in [1.807, 2.05) is 30.3 Å². The van der Waals surface area contributed by atoms with Gasteiger partial charge in [-0.15, -0.1) is 6.58 Å². The highest BCUT2D eigenvalue weighted by atomic mass is 32.2. The normalized spacial score (nSPS) is 12.7. The average molecular weight is 428 g/mol. The number of sulfonamides is 1. The number of nitrogens with zero attached hydrogens (tertiary/aromatic N) is 3. The van der Waals surface area contributed by atoms with Crippen LogP contribution in [0, 0.1) is 0 Å². The SMILES string of the molecule is C=CCC(c1ccccc1)n1c(=O)oc2cc(S(=O)(=O)Nc3ncns3)ccc21. The molecule has 0 saturated carbocycles. The number of hydrogen-bond acceptors (Lipinski definition) is 7. The Morgan fingerprint density at radius 3 is 2.72 bits per heavy atom. The Morgan fingerprint density at radius 1 is 1.24 bits per heavy atom. The van der Waals surface area contributed by atoms with Crippen molar-refractivity contribution in [3.63, 3.8) is 0 Å². The summed E-state index contributed by atoms with van der Waals surface area (Å²) in [5.74, 6) is -0.567. The lowest BCUT2D eigenvalue weighted by Crippen LogP contribution is -2.21. The number of allylic oxidation sites excluding steroid dienone is 1. The number of hydrogen-bond donors (Lipinski definition) is 1. The lowest BCUT2D eigenvalue weighted by molar-refractivity contribution is 0.477. The van der Waals surface area contributed by atoms with Gasteiger partial charge in [0.2, 0.25) is 5.13 Å². The molecule has 4 aromatic rings. The number of nitrogens with one attached hydrogen (secondary N) is 1. The van der Waals surface area contributed by atoms with Crippen molar-refractivity contribution in [1.82, 2.24) is 13.9 Å². The van der Waals surface area contributed by atoms with Gasteiger partial charge in [0.15, 0.2) is 5.58 Å². The molecule has 0 fully saturated rings. The zero-order valence-electron chi connectivity index (χ0n) is 15.1. The molecule has 1 unspecified atom stereocenters. The first-order valence-corrected chi connectivity index (χ1v) is 10.9. The molecular formula is C19H16N4O4S2. The zero-order valence-corrected chi connectivity index (χ0v) is 16.7. The summed E-state index contributed by atoms with van der Waals surface area (Å²) in [7, 11) is -3.89. The van der Waals surface area contributed by atoms with Gasteiger partial charge in [0, 0.05) is 17.6 Å². The Morgan fingerprint density at radius 2 is 2.03 bits per heavy atom. The zero-order chi connectivity index (χ0) is 20.4. The van der Waals surface area contributed by atoms with E-state index in [4.69, 9.17) is 4.42 Å². The van der Waals surface area contributed by atoms with Gasteiger partial charge >= 0.3 is 5.76 Å². The molecule has 4 rings (SSSR count). The molecule has 1 atom stereocenters. The first-order valence-electron chi connectivity index (χ1n) is 8.60. The first-order chi connectivity index (χ1) is 14.0. The van der Waals surface area contributed by atoms with Crippen LogP contribution >= 0.6 is 11.5 Å². The molecule has 2 aromatic carbocycles. The number of fused-ring (bicyclic) bond motifs is 1. The van der Waals surface area contributed by atoms with Crippen LogP contribution in [0.4, 0.5) is 5.13 Å². The standard InChI is InChI=1S/C19H16N4O4S2/c1-2-6-15(13-7-4-3-5-8-13)23-16-10-9-14(11-17(16)27-19(23)24)29(25,26)22-18-20-12-21-28-18/h2-5,7-12,15H,1,6H2,(H,20,21,22). The second-order valence-electron chi connectivity index (χ2n) is 6.17. The molecular weight excluding hydrogens is 412 g/mol. The van der Waals surface area contributed by atoms with Crippen LogP contribution in [0.2, 0.25) is 0 Å². The molecule has 2 aromatic heterocycles. The number of benzene rings is 2. The van der Waals surface area contributed by atoms with Crippen molar-refractivity contribution in [1.29, 1.82) is 0 Å². The van der Waals surface area contributed by atoms with E-state index in [0.717, 1.165) is 17.1 Å². The molecule has 0 aliphatic rings. The maximum atomic E-state index is 12.6. The highest BCUT2D eigenvalue weighted by Crippen LogP contribution is 2.27. The smallest absolute Gasteiger partial charge is 0.408 e. The molecule has 0 aliphatic carbocycles. The molecule has 1 N–H and O–H groups in total. The minimum Gasteiger partial charge on any atom is -0.408 e. The predicted molar refractivity (Wildman–Crippen MR) is 111 cm³/mol. The molecule has 10 heteroatoms. The van der Waals surface area contributed by atoms with E-state index in [1.54, 1.807) is 12.1 Å². The first kappa shape index (κ1) is 19.1. The minimum atomic E-state index is -3.89. The summed E-state index contributed by atoms with van der Waals surface area (Å²) in [6.07, 6.45) is 3.50. The summed E-state index contributed by atoms with van der Waals surface area (Å²) in [5.41, 5.74) is 1.60. The van der Waals surface area contributed by atoms with Crippen LogP contribution in [-0.2, 0) is 10.0 Å². The fourth-order valence-electron chi connectivity index (χ4n) is 3.09. The summed E-state index contributed by atoms with van der Waals surface area (Å²) in [6, 6.07) is 13.5. The van der Waals surface area contributed by atoms with E-state index in [9.17, 15) is 13.2 Å². The van der Waals surface area contributed by atoms with Crippen LogP contribution in [0.5, 0.6) is 0 Å². The highest BCUT2D eigenvalue weighted by molar-refractivity contribution is 7.93. The molecule has 0 aliphatic heterocycles. The lowest BCUT2D eigenvalue weighted by atomic mass is 10.0. The Hall–Kier alpha value is -3.24. The monoisotopic (exact) mass is 428 g/mol. The van der Waals surface area contributed by atoms with Crippen molar-refractivity contribution < 1.29 is 12.8 Å². The fourth-order valence-corrected chi connectivity index (χ4v) is 4.77. The molecule has 0 bridgehead atoms. The van der Waals surface area contributed by atoms with E-state index in [0.29, 0.717) is 11.9 Å². The van der Waals surface area contributed by atoms with Gasteiger partial charge in [-0.25, -0.2) is 18.2 Å². The Balaban J connectivity index is 1.79. The summed E-state index contributed by atoms with van der Waals surface area (Å²) < 4.78 is 38.2. The largest absolute Gasteiger partial charge is 0.420 e. The van der Waals surface area contributed by atoms with Gasteiger partial charge in [0.05, 0.1) is 16.5 Å². The van der Waals surface area contributed by atoms with Crippen molar-refractivity contribution in [2.45, 2.75) is 17.4 Å². The third kappa shape index (κ3) is 3.71. The van der Waals surface area contributed by atoms with Gasteiger partial charge in [-0.1, -0.05) is 36.4 Å². The van der Waals surface area contributed by atoms with Gasteiger partial charge in [-0.3, -0.25) is 9.29 Å². The van der Waals surface area contributed by atoms with E-state index in [-0.39, 0.29) is 21.7 Å². The summed E-state index contributed by atoms with van der Waals surface area (Å²) in [6.45, 7) is 3.78. The van der Waals surface area contributed by atoms with Gasteiger partial charge in [-0.05, 0) is 24.1 Å². The van der Waals surface area contributed by atoms with Crippen LogP contribution in [0.25, 0.3) is 11.1 Å². The number of aromatic nitrogens is 3. The minimum absolute atomic E-state index is 0.0407. The van der Waals surface area contributed by atoms with Gasteiger partial charge in [-0.2, -0.15) is 4.37 Å². The summed E-state index contributed by atoms with van der Waals surface area (Å²) in [5, 5.41) is 0.152. The Kier molecular flexibility index (Phi) is 5.03. The topological polar surface area (TPSA) is 107 Å². The van der Waals surface area contributed by atoms with Crippen molar-refractivity contribution in [3.8, 4) is 0 Å². The summed E-state index contributed by atoms with van der Waals surface area (Å²) in [4.78, 5) is 16.4. The van der Waals surface area contributed by atoms with E-state index in [1.165, 1.54) is 23.0 Å². The molecule has 0 amide bonds. The average Bonchev–Trinajstić information content (AvgIpc) is 3.32. The second kappa shape index (κ2) is 7.64. The molecule has 148 valence electrons. The second-order valence-corrected chi connectivity index (χ2v) is 8.63. The van der Waals surface area contributed by atoms with Crippen LogP contribution in [0.1, 0.15) is 18.0 Å². The van der Waals surface area contributed by atoms with Crippen LogP contribution in [0.3, 0.4) is 0 Å². The van der Waals surface area contributed by atoms with Gasteiger partial charge < -0.3 is 4.42 Å². The van der Waals surface area contributed by atoms with Crippen LogP contribution in [-0.4, -0.2) is 22.3 Å². The fraction of sp³-hybridized carbons (Fsp3) is 0.105. The summed E-state index contributed by atoms with van der Waals surface area (Å²) >= 11 is 0.923. The van der Waals surface area contributed by atoms with E-state index >= 15 is 0 Å². The third-order valence-corrected chi connectivity index (χ3v) is 6.41. The quantitative estimate of drug-likeness (QED) is 0.452. The van der Waals surface area contributed by atoms with E-state index < -0.39 is 15.8 Å². The Labute approximate surface area is 170 Å². The molecule has 0 spiro atoms. The van der Waals surface area contributed by atoms with Crippen LogP contribution < -0.4 is 10.5 Å². The Bertz CT molecular complexity index is 1310. The number of rotatable bonds is 7. The van der Waals surface area contributed by atoms with Crippen molar-refractivity contribution in [3.05, 3.63) is 83.6 Å². The van der Waals surface area contributed by atoms with Crippen molar-refractivity contribution in [2.75, 3.05) is 4.72 Å². The highest BCUT2D eigenvalue weighted by Gasteiger charge is 2.22. The molecule has 2 heterocycles. The maximum absolute atomic E-state index is 12.6. The maximum Gasteiger partial charge on any atom is 0.420 e. The number of oxazole rings is 1. The number of anilines is 1. The molecule has 29 heavy (non-hydrogen) atoms. The predicted octanol–water partition coefficient (Wildman–Crippen LogP) is 3.41. The lowest BCUT2D eigenvalue weighted by Gasteiger charge is -2.17. The van der Waals surface area contributed by atoms with Gasteiger partial charge in [0.1, 0.15) is 6.33 Å². The van der Waals surface area contributed by atoms with Crippen LogP contribution in [0.15, 0.2) is 81.6 Å². The third-order valence-electron chi connectivity index (χ3n) is 4.36. The van der Waals surface area contributed by atoms with Crippen molar-refractivity contribution in [2.24, 2.45) is 0 Å². The van der Waals surface area contributed by atoms with Gasteiger partial charge in [0.25, 0.3) is 10.0 Å². The molecule has 0 radical (unpaired) electrons. The molecule has 0 saturated heterocycles. The van der Waals surface area contributed by atoms with Crippen molar-refractivity contribution >= 4 is 37.8 Å².